The van der Waals surface area contributed by atoms with Gasteiger partial charge in [0.1, 0.15) is 0 Å². The van der Waals surface area contributed by atoms with Crippen LogP contribution in [0.2, 0.25) is 0 Å². The van der Waals surface area contributed by atoms with E-state index in [2.05, 4.69) is 10.3 Å². The highest BCUT2D eigenvalue weighted by molar-refractivity contribution is 5.94. The maximum absolute atomic E-state index is 12.0. The molecule has 1 aromatic heterocycles. The Morgan fingerprint density at radius 3 is 3.00 bits per heavy atom. The molecule has 1 heterocycles. The van der Waals surface area contributed by atoms with Gasteiger partial charge in [-0.2, -0.15) is 0 Å². The van der Waals surface area contributed by atoms with Gasteiger partial charge in [0.15, 0.2) is 0 Å². The zero-order valence-electron chi connectivity index (χ0n) is 10.9. The van der Waals surface area contributed by atoms with Crippen LogP contribution < -0.4 is 11.1 Å². The summed E-state index contributed by atoms with van der Waals surface area (Å²) in [5.74, 6) is 1.11. The molecular weight excluding hydrogens is 226 g/mol. The number of pyridine rings is 1. The third kappa shape index (κ3) is 3.07. The van der Waals surface area contributed by atoms with Crippen LogP contribution in [0, 0.1) is 18.8 Å². The van der Waals surface area contributed by atoms with Gasteiger partial charge in [-0.25, -0.2) is 0 Å². The van der Waals surface area contributed by atoms with Crippen LogP contribution >= 0.6 is 0 Å². The van der Waals surface area contributed by atoms with E-state index in [0.29, 0.717) is 17.4 Å². The van der Waals surface area contributed by atoms with Gasteiger partial charge in [-0.1, -0.05) is 6.42 Å². The molecule has 4 nitrogen and oxygen atoms in total. The molecule has 1 aliphatic rings. The van der Waals surface area contributed by atoms with Crippen molar-refractivity contribution in [3.63, 3.8) is 0 Å². The van der Waals surface area contributed by atoms with Crippen molar-refractivity contribution in [1.82, 2.24) is 10.3 Å². The summed E-state index contributed by atoms with van der Waals surface area (Å²) in [6.45, 7) is 3.36. The molecule has 1 saturated carbocycles. The largest absolute Gasteiger partial charge is 0.352 e. The Kier molecular flexibility index (Phi) is 4.31. The van der Waals surface area contributed by atoms with E-state index in [1.807, 2.05) is 13.0 Å². The van der Waals surface area contributed by atoms with Crippen molar-refractivity contribution in [3.05, 3.63) is 29.6 Å². The number of amides is 1. The molecule has 2 rings (SSSR count). The number of carbonyl (C=O) groups excluding carboxylic acids is 1. The van der Waals surface area contributed by atoms with Crippen LogP contribution in [0.3, 0.4) is 0 Å². The Balaban J connectivity index is 1.88. The fourth-order valence-corrected chi connectivity index (χ4v) is 2.71. The molecule has 1 aromatic rings. The van der Waals surface area contributed by atoms with Crippen LogP contribution in [0.25, 0.3) is 0 Å². The lowest BCUT2D eigenvalue weighted by Gasteiger charge is -2.18. The average Bonchev–Trinajstić information content (AvgIpc) is 2.83. The number of nitrogens with one attached hydrogen (secondary N) is 1. The van der Waals surface area contributed by atoms with Crippen molar-refractivity contribution >= 4 is 5.91 Å². The van der Waals surface area contributed by atoms with Crippen LogP contribution in [0.1, 0.15) is 35.3 Å². The number of nitrogens with two attached hydrogens (primary N) is 1. The Morgan fingerprint density at radius 2 is 2.28 bits per heavy atom. The first-order valence-corrected chi connectivity index (χ1v) is 6.61. The minimum atomic E-state index is -0.0110. The quantitative estimate of drug-likeness (QED) is 0.847. The fourth-order valence-electron chi connectivity index (χ4n) is 2.71. The molecule has 1 fully saturated rings. The SMILES string of the molecule is Cc1cc(C(=O)NCC2CCCC2CN)ccn1. The normalized spacial score (nSPS) is 23.0. The van der Waals surface area contributed by atoms with Gasteiger partial charge in [0.25, 0.3) is 5.91 Å². The molecule has 2 atom stereocenters. The molecule has 0 saturated heterocycles. The minimum absolute atomic E-state index is 0.0110. The molecular formula is C14H21N3O. The number of hydrogen-bond donors (Lipinski definition) is 2. The maximum Gasteiger partial charge on any atom is 0.251 e. The summed E-state index contributed by atoms with van der Waals surface area (Å²) in [5.41, 5.74) is 7.29. The van der Waals surface area contributed by atoms with Gasteiger partial charge in [-0.05, 0) is 50.3 Å². The predicted molar refractivity (Wildman–Crippen MR) is 71.2 cm³/mol. The Labute approximate surface area is 108 Å². The summed E-state index contributed by atoms with van der Waals surface area (Å²) >= 11 is 0. The van der Waals surface area contributed by atoms with E-state index in [9.17, 15) is 4.79 Å². The third-order valence-electron chi connectivity index (χ3n) is 3.80. The summed E-state index contributed by atoms with van der Waals surface area (Å²) in [7, 11) is 0. The highest BCUT2D eigenvalue weighted by atomic mass is 16.1. The van der Waals surface area contributed by atoms with E-state index >= 15 is 0 Å². The van der Waals surface area contributed by atoms with E-state index in [1.165, 1.54) is 19.3 Å². The standard InChI is InChI=1S/C14H21N3O/c1-10-7-11(5-6-16-10)14(18)17-9-13-4-2-3-12(13)8-15/h5-7,12-13H,2-4,8-9,15H2,1H3,(H,17,18). The molecule has 0 bridgehead atoms. The van der Waals surface area contributed by atoms with E-state index in [1.54, 1.807) is 12.3 Å². The number of hydrogen-bond acceptors (Lipinski definition) is 3. The van der Waals surface area contributed by atoms with Gasteiger partial charge in [-0.3, -0.25) is 9.78 Å². The van der Waals surface area contributed by atoms with Crippen molar-refractivity contribution < 1.29 is 4.79 Å². The predicted octanol–water partition coefficient (Wildman–Crippen LogP) is 1.49. The van der Waals surface area contributed by atoms with Crippen LogP contribution in [-0.4, -0.2) is 24.0 Å². The smallest absolute Gasteiger partial charge is 0.251 e. The van der Waals surface area contributed by atoms with Crippen molar-refractivity contribution in [2.75, 3.05) is 13.1 Å². The first kappa shape index (κ1) is 13.0. The Bertz CT molecular complexity index is 419. The van der Waals surface area contributed by atoms with Gasteiger partial charge in [-0.15, -0.1) is 0 Å². The van der Waals surface area contributed by atoms with E-state index in [-0.39, 0.29) is 5.91 Å². The number of aryl methyl sites for hydroxylation is 1. The van der Waals surface area contributed by atoms with Crippen LogP contribution in [0.15, 0.2) is 18.3 Å². The number of aromatic nitrogens is 1. The van der Waals surface area contributed by atoms with Gasteiger partial charge in [0.2, 0.25) is 0 Å². The average molecular weight is 247 g/mol. The molecule has 1 amide bonds. The maximum atomic E-state index is 12.0. The molecule has 18 heavy (non-hydrogen) atoms. The van der Waals surface area contributed by atoms with Crippen LogP contribution in [-0.2, 0) is 0 Å². The monoisotopic (exact) mass is 247 g/mol. The lowest BCUT2D eigenvalue weighted by molar-refractivity contribution is 0.0944. The van der Waals surface area contributed by atoms with Crippen molar-refractivity contribution in [2.24, 2.45) is 17.6 Å². The van der Waals surface area contributed by atoms with Crippen molar-refractivity contribution in [2.45, 2.75) is 26.2 Å². The third-order valence-corrected chi connectivity index (χ3v) is 3.80. The molecule has 1 aliphatic carbocycles. The molecule has 0 aromatic carbocycles. The van der Waals surface area contributed by atoms with E-state index in [0.717, 1.165) is 18.8 Å². The number of carbonyl (C=O) groups is 1. The molecule has 98 valence electrons. The van der Waals surface area contributed by atoms with E-state index < -0.39 is 0 Å². The second-order valence-corrected chi connectivity index (χ2v) is 5.08. The highest BCUT2D eigenvalue weighted by Gasteiger charge is 2.26. The Morgan fingerprint density at radius 1 is 1.50 bits per heavy atom. The van der Waals surface area contributed by atoms with Gasteiger partial charge in [0.05, 0.1) is 0 Å². The first-order valence-electron chi connectivity index (χ1n) is 6.61. The lowest BCUT2D eigenvalue weighted by Crippen LogP contribution is -2.32. The molecule has 4 heteroatoms. The molecule has 0 aliphatic heterocycles. The highest BCUT2D eigenvalue weighted by Crippen LogP contribution is 2.30. The number of rotatable bonds is 4. The second kappa shape index (κ2) is 5.96. The fraction of sp³-hybridized carbons (Fsp3) is 0.571. The van der Waals surface area contributed by atoms with Crippen molar-refractivity contribution in [1.29, 1.82) is 0 Å². The summed E-state index contributed by atoms with van der Waals surface area (Å²) in [5, 5.41) is 3.01. The minimum Gasteiger partial charge on any atom is -0.352 e. The lowest BCUT2D eigenvalue weighted by atomic mass is 9.96. The molecule has 2 unspecified atom stereocenters. The number of nitrogens with zero attached hydrogens (tertiary/aromatic N) is 1. The summed E-state index contributed by atoms with van der Waals surface area (Å²) in [4.78, 5) is 16.1. The second-order valence-electron chi connectivity index (χ2n) is 5.08. The van der Waals surface area contributed by atoms with Gasteiger partial charge >= 0.3 is 0 Å². The van der Waals surface area contributed by atoms with E-state index in [4.69, 9.17) is 5.73 Å². The molecule has 3 N–H and O–H groups in total. The summed E-state index contributed by atoms with van der Waals surface area (Å²) in [6, 6.07) is 3.56. The first-order chi connectivity index (χ1) is 8.70. The van der Waals surface area contributed by atoms with Gasteiger partial charge in [0, 0.05) is 24.0 Å². The molecule has 0 spiro atoms. The summed E-state index contributed by atoms with van der Waals surface area (Å²) < 4.78 is 0. The van der Waals surface area contributed by atoms with Gasteiger partial charge < -0.3 is 11.1 Å². The van der Waals surface area contributed by atoms with Crippen LogP contribution in [0.5, 0.6) is 0 Å². The topological polar surface area (TPSA) is 68.0 Å². The van der Waals surface area contributed by atoms with Crippen molar-refractivity contribution in [3.8, 4) is 0 Å². The van der Waals surface area contributed by atoms with Crippen LogP contribution in [0.4, 0.5) is 0 Å². The molecule has 0 radical (unpaired) electrons. The zero-order chi connectivity index (χ0) is 13.0. The Hall–Kier alpha value is -1.42. The zero-order valence-corrected chi connectivity index (χ0v) is 10.9. The summed E-state index contributed by atoms with van der Waals surface area (Å²) in [6.07, 6.45) is 5.28.